The molecule has 0 spiro atoms. The van der Waals surface area contributed by atoms with Crippen molar-refractivity contribution in [2.75, 3.05) is 19.6 Å². The van der Waals surface area contributed by atoms with Crippen LogP contribution >= 0.6 is 24.8 Å². The summed E-state index contributed by atoms with van der Waals surface area (Å²) in [5.74, 6) is -0.213. The van der Waals surface area contributed by atoms with E-state index in [1.54, 1.807) is 10.9 Å². The number of nitrogens with zero attached hydrogens (tertiary/aromatic N) is 4. The number of benzene rings is 1. The number of likely N-dealkylation sites (N-methyl/N-ethyl adjacent to an activating group) is 1. The van der Waals surface area contributed by atoms with Gasteiger partial charge in [0.1, 0.15) is 0 Å². The maximum absolute atomic E-state index is 12.3. The van der Waals surface area contributed by atoms with Crippen LogP contribution in [-0.2, 0) is 0 Å². The molecule has 0 fully saturated rings. The predicted molar refractivity (Wildman–Crippen MR) is 107 cm³/mol. The van der Waals surface area contributed by atoms with E-state index in [0.29, 0.717) is 17.9 Å². The van der Waals surface area contributed by atoms with Crippen LogP contribution in [0.1, 0.15) is 23.1 Å². The van der Waals surface area contributed by atoms with Gasteiger partial charge < -0.3 is 10.6 Å². The summed E-state index contributed by atoms with van der Waals surface area (Å²) in [6.07, 6.45) is 1.75. The van der Waals surface area contributed by atoms with Crippen molar-refractivity contribution >= 4 is 41.6 Å². The number of carbonyl (C=O) groups is 1. The number of nitrogens with one attached hydrogen (secondary N) is 2. The summed E-state index contributed by atoms with van der Waals surface area (Å²) in [5, 5.41) is 15.2. The van der Waals surface area contributed by atoms with E-state index in [4.69, 9.17) is 0 Å². The Balaban J connectivity index is 0.00000169. The van der Waals surface area contributed by atoms with Crippen molar-refractivity contribution in [1.82, 2.24) is 30.6 Å². The second kappa shape index (κ2) is 10.1. The summed E-state index contributed by atoms with van der Waals surface area (Å²) in [4.78, 5) is 16.6. The van der Waals surface area contributed by atoms with Crippen LogP contribution in [0.5, 0.6) is 0 Å². The second-order valence-corrected chi connectivity index (χ2v) is 5.39. The van der Waals surface area contributed by atoms with Crippen LogP contribution in [0.4, 0.5) is 0 Å². The van der Waals surface area contributed by atoms with Crippen LogP contribution in [0.15, 0.2) is 36.5 Å². The fourth-order valence-corrected chi connectivity index (χ4v) is 2.56. The molecule has 0 bridgehead atoms. The molecular formula is C17H22Cl2N6O. The van der Waals surface area contributed by atoms with Crippen LogP contribution < -0.4 is 10.6 Å². The van der Waals surface area contributed by atoms with Gasteiger partial charge in [0.15, 0.2) is 5.69 Å². The first-order valence-corrected chi connectivity index (χ1v) is 7.97. The van der Waals surface area contributed by atoms with E-state index >= 15 is 0 Å². The Labute approximate surface area is 164 Å². The second-order valence-electron chi connectivity index (χ2n) is 5.39. The minimum Gasteiger partial charge on any atom is -0.349 e. The average molecular weight is 397 g/mol. The van der Waals surface area contributed by atoms with Crippen molar-refractivity contribution in [3.8, 4) is 5.69 Å². The number of carbonyl (C=O) groups excluding carboxylic acids is 1. The SMILES string of the molecule is CCNCCNC(=O)c1nnn(-c2cccc3ncccc23)c1C.Cl.Cl. The third-order valence-corrected chi connectivity index (χ3v) is 3.80. The monoisotopic (exact) mass is 396 g/mol. The summed E-state index contributed by atoms with van der Waals surface area (Å²) in [6.45, 7) is 6.02. The van der Waals surface area contributed by atoms with Gasteiger partial charge in [-0.1, -0.05) is 18.2 Å². The number of amides is 1. The fourth-order valence-electron chi connectivity index (χ4n) is 2.56. The highest BCUT2D eigenvalue weighted by Crippen LogP contribution is 2.21. The third-order valence-electron chi connectivity index (χ3n) is 3.80. The fraction of sp³-hybridized carbons (Fsp3) is 0.294. The first-order chi connectivity index (χ1) is 11.7. The largest absolute Gasteiger partial charge is 0.349 e. The van der Waals surface area contributed by atoms with Crippen molar-refractivity contribution in [1.29, 1.82) is 0 Å². The number of hydrogen-bond acceptors (Lipinski definition) is 5. The highest BCUT2D eigenvalue weighted by Gasteiger charge is 2.18. The van der Waals surface area contributed by atoms with Crippen LogP contribution in [-0.4, -0.2) is 45.5 Å². The highest BCUT2D eigenvalue weighted by atomic mass is 35.5. The molecule has 2 heterocycles. The summed E-state index contributed by atoms with van der Waals surface area (Å²) < 4.78 is 1.68. The summed E-state index contributed by atoms with van der Waals surface area (Å²) >= 11 is 0. The lowest BCUT2D eigenvalue weighted by Crippen LogP contribution is -2.32. The zero-order chi connectivity index (χ0) is 16.9. The molecule has 1 amide bonds. The van der Waals surface area contributed by atoms with E-state index in [9.17, 15) is 4.79 Å². The van der Waals surface area contributed by atoms with E-state index < -0.39 is 0 Å². The topological polar surface area (TPSA) is 84.7 Å². The third kappa shape index (κ3) is 4.49. The quantitative estimate of drug-likeness (QED) is 0.624. The zero-order valence-corrected chi connectivity index (χ0v) is 16.2. The molecule has 0 aliphatic rings. The molecule has 2 aromatic heterocycles. The van der Waals surface area contributed by atoms with Gasteiger partial charge in [-0.3, -0.25) is 9.78 Å². The Kier molecular flexibility index (Phi) is 8.44. The van der Waals surface area contributed by atoms with Gasteiger partial charge in [-0.25, -0.2) is 4.68 Å². The first kappa shape index (κ1) is 21.8. The van der Waals surface area contributed by atoms with Crippen LogP contribution in [0, 0.1) is 6.92 Å². The molecule has 3 aromatic rings. The van der Waals surface area contributed by atoms with Gasteiger partial charge >= 0.3 is 0 Å². The molecule has 0 atom stereocenters. The standard InChI is InChI=1S/C17H20N6O.2ClH/c1-3-18-10-11-20-17(24)16-12(2)23(22-21-16)15-8-4-7-14-13(15)6-5-9-19-14;;/h4-9,18H,3,10-11H2,1-2H3,(H,20,24);2*1H. The van der Waals surface area contributed by atoms with Gasteiger partial charge in [-0.05, 0) is 37.7 Å². The van der Waals surface area contributed by atoms with Gasteiger partial charge in [-0.2, -0.15) is 0 Å². The molecule has 2 N–H and O–H groups in total. The van der Waals surface area contributed by atoms with Crippen molar-refractivity contribution in [3.05, 3.63) is 47.9 Å². The normalized spacial score (nSPS) is 10.1. The van der Waals surface area contributed by atoms with Crippen molar-refractivity contribution in [2.24, 2.45) is 0 Å². The van der Waals surface area contributed by atoms with Crippen LogP contribution in [0.25, 0.3) is 16.6 Å². The Hall–Kier alpha value is -2.22. The average Bonchev–Trinajstić information content (AvgIpc) is 2.99. The number of aromatic nitrogens is 4. The highest BCUT2D eigenvalue weighted by molar-refractivity contribution is 5.94. The lowest BCUT2D eigenvalue weighted by molar-refractivity contribution is 0.0948. The molecule has 26 heavy (non-hydrogen) atoms. The molecule has 1 aromatic carbocycles. The number of halogens is 2. The molecule has 0 aliphatic carbocycles. The molecule has 9 heteroatoms. The lowest BCUT2D eigenvalue weighted by atomic mass is 10.2. The zero-order valence-electron chi connectivity index (χ0n) is 14.6. The lowest BCUT2D eigenvalue weighted by Gasteiger charge is -2.07. The van der Waals surface area contributed by atoms with E-state index in [1.165, 1.54) is 0 Å². The Morgan fingerprint density at radius 3 is 2.73 bits per heavy atom. The molecule has 0 saturated heterocycles. The number of pyridine rings is 1. The van der Waals surface area contributed by atoms with Gasteiger partial charge in [0.2, 0.25) is 0 Å². The van der Waals surface area contributed by atoms with Gasteiger partial charge in [-0.15, -0.1) is 29.9 Å². The molecule has 140 valence electrons. The molecule has 0 aliphatic heterocycles. The van der Waals surface area contributed by atoms with E-state index in [2.05, 4.69) is 25.9 Å². The van der Waals surface area contributed by atoms with Crippen molar-refractivity contribution < 1.29 is 4.79 Å². The van der Waals surface area contributed by atoms with Crippen molar-refractivity contribution in [3.63, 3.8) is 0 Å². The van der Waals surface area contributed by atoms with Crippen LogP contribution in [0.3, 0.4) is 0 Å². The summed E-state index contributed by atoms with van der Waals surface area (Å²) in [7, 11) is 0. The molecule has 3 rings (SSSR count). The molecule has 0 saturated carbocycles. The van der Waals surface area contributed by atoms with E-state index in [-0.39, 0.29) is 30.7 Å². The Morgan fingerprint density at radius 2 is 1.96 bits per heavy atom. The first-order valence-electron chi connectivity index (χ1n) is 7.97. The minimum atomic E-state index is -0.213. The minimum absolute atomic E-state index is 0. The van der Waals surface area contributed by atoms with Gasteiger partial charge in [0.05, 0.1) is 16.9 Å². The molecule has 0 radical (unpaired) electrons. The maximum Gasteiger partial charge on any atom is 0.273 e. The van der Waals surface area contributed by atoms with Crippen LogP contribution in [0.2, 0.25) is 0 Å². The Morgan fingerprint density at radius 1 is 1.15 bits per heavy atom. The van der Waals surface area contributed by atoms with Gasteiger partial charge in [0.25, 0.3) is 5.91 Å². The summed E-state index contributed by atoms with van der Waals surface area (Å²) in [5.41, 5.74) is 2.78. The Bertz CT molecular complexity index is 862. The van der Waals surface area contributed by atoms with Crippen molar-refractivity contribution in [2.45, 2.75) is 13.8 Å². The summed E-state index contributed by atoms with van der Waals surface area (Å²) in [6, 6.07) is 9.67. The van der Waals surface area contributed by atoms with Gasteiger partial charge in [0, 0.05) is 24.7 Å². The number of rotatable bonds is 6. The van der Waals surface area contributed by atoms with E-state index in [0.717, 1.165) is 29.7 Å². The molecule has 0 unspecified atom stereocenters. The maximum atomic E-state index is 12.3. The molecule has 7 nitrogen and oxygen atoms in total. The predicted octanol–water partition coefficient (Wildman–Crippen LogP) is 2.31. The smallest absolute Gasteiger partial charge is 0.273 e. The molecular weight excluding hydrogens is 375 g/mol. The van der Waals surface area contributed by atoms with E-state index in [1.807, 2.05) is 44.2 Å². The number of fused-ring (bicyclic) bond motifs is 1. The number of hydrogen-bond donors (Lipinski definition) is 2.